The summed E-state index contributed by atoms with van der Waals surface area (Å²) in [6.45, 7) is -3.05. The molecule has 1 heterocycles. The third-order valence-electron chi connectivity index (χ3n) is 1.95. The summed E-state index contributed by atoms with van der Waals surface area (Å²) in [6.07, 6.45) is 0. The molecule has 1 rings (SSSR count). The fourth-order valence-corrected chi connectivity index (χ4v) is 1.01. The number of nitrogens with two attached hydrogens (primary N) is 1. The Kier molecular flexibility index (Phi) is 3.13. The van der Waals surface area contributed by atoms with Crippen LogP contribution in [0.15, 0.2) is 4.99 Å². The molecule has 3 nitrogen and oxygen atoms in total. The van der Waals surface area contributed by atoms with Crippen molar-refractivity contribution >= 4 is 5.84 Å². The summed E-state index contributed by atoms with van der Waals surface area (Å²) in [7, 11) is 0. The van der Waals surface area contributed by atoms with Gasteiger partial charge in [0.2, 0.25) is 0 Å². The van der Waals surface area contributed by atoms with Crippen LogP contribution in [0, 0.1) is 0 Å². The van der Waals surface area contributed by atoms with Gasteiger partial charge in [0.05, 0.1) is 6.61 Å². The van der Waals surface area contributed by atoms with E-state index in [2.05, 4.69) is 4.99 Å². The minimum absolute atomic E-state index is 0.134. The molecule has 0 aromatic carbocycles. The average Bonchev–Trinajstić information content (AvgIpc) is 2.18. The lowest BCUT2D eigenvalue weighted by Gasteiger charge is -2.33. The van der Waals surface area contributed by atoms with Crippen molar-refractivity contribution in [3.63, 3.8) is 0 Å². The highest BCUT2D eigenvalue weighted by Crippen LogP contribution is 2.19. The normalized spacial score (nSPS) is 27.0. The van der Waals surface area contributed by atoms with E-state index in [4.69, 9.17) is 10.5 Å². The largest absolute Gasteiger partial charge is 0.385 e. The van der Waals surface area contributed by atoms with E-state index in [1.807, 2.05) is 0 Å². The zero-order valence-electron chi connectivity index (χ0n) is 6.97. The predicted molar refractivity (Wildman–Crippen MR) is 42.0 cm³/mol. The van der Waals surface area contributed by atoms with E-state index in [-0.39, 0.29) is 12.4 Å². The minimum Gasteiger partial charge on any atom is -0.385 e. The molecule has 0 bridgehead atoms. The SMILES string of the molecule is NC1=N[C@@H](CF)COC1(CF)CF. The molecule has 1 aliphatic rings. The van der Waals surface area contributed by atoms with Crippen molar-refractivity contribution in [1.29, 1.82) is 0 Å². The van der Waals surface area contributed by atoms with Crippen LogP contribution in [0.2, 0.25) is 0 Å². The van der Waals surface area contributed by atoms with Crippen LogP contribution in [0.4, 0.5) is 13.2 Å². The third-order valence-corrected chi connectivity index (χ3v) is 1.95. The molecule has 13 heavy (non-hydrogen) atoms. The van der Waals surface area contributed by atoms with E-state index in [1.54, 1.807) is 0 Å². The maximum Gasteiger partial charge on any atom is 0.181 e. The number of aliphatic imine (C=N–C) groups is 1. The fourth-order valence-electron chi connectivity index (χ4n) is 1.01. The number of hydrogen-bond donors (Lipinski definition) is 1. The lowest BCUT2D eigenvalue weighted by Crippen LogP contribution is -2.55. The van der Waals surface area contributed by atoms with E-state index in [1.165, 1.54) is 0 Å². The van der Waals surface area contributed by atoms with Crippen LogP contribution in [0.3, 0.4) is 0 Å². The first kappa shape index (κ1) is 10.3. The van der Waals surface area contributed by atoms with Gasteiger partial charge in [-0.25, -0.2) is 13.2 Å². The van der Waals surface area contributed by atoms with Gasteiger partial charge in [-0.1, -0.05) is 0 Å². The Labute approximate surface area is 73.8 Å². The third kappa shape index (κ3) is 1.77. The molecule has 0 radical (unpaired) electrons. The molecular formula is C7H11F3N2O. The quantitative estimate of drug-likeness (QED) is 0.709. The van der Waals surface area contributed by atoms with Crippen LogP contribution < -0.4 is 5.73 Å². The molecule has 0 amide bonds. The molecule has 0 unspecified atom stereocenters. The van der Waals surface area contributed by atoms with Gasteiger partial charge in [0.15, 0.2) is 5.60 Å². The summed E-state index contributed by atoms with van der Waals surface area (Å²) in [4.78, 5) is 3.61. The smallest absolute Gasteiger partial charge is 0.181 e. The molecule has 0 fully saturated rings. The van der Waals surface area contributed by atoms with Crippen molar-refractivity contribution in [3.8, 4) is 0 Å². The van der Waals surface area contributed by atoms with Crippen molar-refractivity contribution in [2.45, 2.75) is 11.6 Å². The van der Waals surface area contributed by atoms with Crippen LogP contribution in [0.5, 0.6) is 0 Å². The van der Waals surface area contributed by atoms with Gasteiger partial charge >= 0.3 is 0 Å². The van der Waals surface area contributed by atoms with Gasteiger partial charge in [-0.05, 0) is 0 Å². The first-order valence-electron chi connectivity index (χ1n) is 3.84. The van der Waals surface area contributed by atoms with Crippen LogP contribution in [0.1, 0.15) is 0 Å². The molecule has 2 N–H and O–H groups in total. The molecular weight excluding hydrogens is 185 g/mol. The first-order valence-corrected chi connectivity index (χ1v) is 3.84. The number of alkyl halides is 3. The minimum atomic E-state index is -1.77. The van der Waals surface area contributed by atoms with Gasteiger partial charge in [-0.2, -0.15) is 0 Å². The van der Waals surface area contributed by atoms with Gasteiger partial charge < -0.3 is 10.5 Å². The van der Waals surface area contributed by atoms with Crippen molar-refractivity contribution in [3.05, 3.63) is 0 Å². The van der Waals surface area contributed by atoms with Gasteiger partial charge in [-0.3, -0.25) is 4.99 Å². The van der Waals surface area contributed by atoms with Crippen molar-refractivity contribution in [2.75, 3.05) is 26.6 Å². The number of amidine groups is 1. The van der Waals surface area contributed by atoms with Crippen LogP contribution in [-0.4, -0.2) is 44.1 Å². The van der Waals surface area contributed by atoms with E-state index in [0.717, 1.165) is 0 Å². The maximum atomic E-state index is 12.4. The second-order valence-corrected chi connectivity index (χ2v) is 2.90. The summed E-state index contributed by atoms with van der Waals surface area (Å²) in [5.74, 6) is -0.300. The standard InChI is InChI=1S/C7H11F3N2O/c8-1-5-2-13-7(3-9,4-10)6(11)12-5/h5H,1-4H2,(H2,11,12)/t5-/m0/s1. The zero-order chi connectivity index (χ0) is 9.90. The molecule has 1 atom stereocenters. The molecule has 0 aliphatic carbocycles. The Morgan fingerprint density at radius 1 is 1.46 bits per heavy atom. The molecule has 0 aromatic rings. The Hall–Kier alpha value is -0.780. The molecule has 0 saturated carbocycles. The molecule has 0 saturated heterocycles. The van der Waals surface area contributed by atoms with Gasteiger partial charge in [-0.15, -0.1) is 0 Å². The van der Waals surface area contributed by atoms with Crippen molar-refractivity contribution in [2.24, 2.45) is 10.7 Å². The molecule has 1 aliphatic heterocycles. The highest BCUT2D eigenvalue weighted by Gasteiger charge is 2.40. The highest BCUT2D eigenvalue weighted by atomic mass is 19.1. The summed E-state index contributed by atoms with van der Waals surface area (Å²) < 4.78 is 41.7. The second-order valence-electron chi connectivity index (χ2n) is 2.90. The Morgan fingerprint density at radius 3 is 2.46 bits per heavy atom. The summed E-state index contributed by atoms with van der Waals surface area (Å²) in [6, 6.07) is -0.730. The Bertz CT molecular complexity index is 206. The molecule has 0 aromatic heterocycles. The molecule has 0 spiro atoms. The number of rotatable bonds is 3. The molecule has 6 heteroatoms. The lowest BCUT2D eigenvalue weighted by atomic mass is 10.0. The zero-order valence-corrected chi connectivity index (χ0v) is 6.97. The lowest BCUT2D eigenvalue weighted by molar-refractivity contribution is -0.0425. The fraction of sp³-hybridized carbons (Fsp3) is 0.857. The number of nitrogens with zero attached hydrogens (tertiary/aromatic N) is 1. The second kappa shape index (κ2) is 3.95. The molecule has 76 valence electrons. The summed E-state index contributed by atoms with van der Waals surface area (Å²) >= 11 is 0. The van der Waals surface area contributed by atoms with E-state index in [9.17, 15) is 13.2 Å². The van der Waals surface area contributed by atoms with Crippen LogP contribution >= 0.6 is 0 Å². The van der Waals surface area contributed by atoms with Crippen LogP contribution in [0.25, 0.3) is 0 Å². The number of hydrogen-bond acceptors (Lipinski definition) is 3. The number of ether oxygens (including phenoxy) is 1. The first-order chi connectivity index (χ1) is 6.18. The van der Waals surface area contributed by atoms with E-state index in [0.29, 0.717) is 0 Å². The highest BCUT2D eigenvalue weighted by molar-refractivity contribution is 5.90. The predicted octanol–water partition coefficient (Wildman–Crippen LogP) is 0.390. The van der Waals surface area contributed by atoms with E-state index >= 15 is 0 Å². The summed E-state index contributed by atoms with van der Waals surface area (Å²) in [5.41, 5.74) is 3.51. The van der Waals surface area contributed by atoms with Crippen molar-refractivity contribution < 1.29 is 17.9 Å². The monoisotopic (exact) mass is 196 g/mol. The average molecular weight is 196 g/mol. The Balaban J connectivity index is 2.81. The van der Waals surface area contributed by atoms with Crippen molar-refractivity contribution in [1.82, 2.24) is 0 Å². The van der Waals surface area contributed by atoms with E-state index < -0.39 is 31.7 Å². The van der Waals surface area contributed by atoms with Gasteiger partial charge in [0.25, 0.3) is 0 Å². The maximum absolute atomic E-state index is 12.4. The van der Waals surface area contributed by atoms with Gasteiger partial charge in [0, 0.05) is 0 Å². The summed E-state index contributed by atoms with van der Waals surface area (Å²) in [5, 5.41) is 0. The number of halogens is 3. The van der Waals surface area contributed by atoms with Gasteiger partial charge in [0.1, 0.15) is 31.9 Å². The van der Waals surface area contributed by atoms with Crippen LogP contribution in [-0.2, 0) is 4.74 Å². The Morgan fingerprint density at radius 2 is 2.08 bits per heavy atom. The topological polar surface area (TPSA) is 47.6 Å².